The van der Waals surface area contributed by atoms with Gasteiger partial charge in [0, 0.05) is 30.7 Å². The van der Waals surface area contributed by atoms with Gasteiger partial charge in [0.05, 0.1) is 25.9 Å². The Hall–Kier alpha value is -0.780. The SMILES string of the molecule is C[C@]12CCC(OCCOCCN3CCCC3)CC1C(=O)C[C@@H]1[C@H]2CC[C@]2(C)C(=O)CC[C@@H]12. The molecule has 5 fully saturated rings. The zero-order chi connectivity index (χ0) is 22.3. The third-order valence-corrected chi connectivity index (χ3v) is 10.5. The Balaban J connectivity index is 1.12. The summed E-state index contributed by atoms with van der Waals surface area (Å²) in [5.41, 5.74) is -0.0568. The molecule has 0 radical (unpaired) electrons. The minimum atomic E-state index is -0.153. The Morgan fingerprint density at radius 2 is 1.78 bits per heavy atom. The van der Waals surface area contributed by atoms with E-state index < -0.39 is 0 Å². The van der Waals surface area contributed by atoms with Crippen molar-refractivity contribution in [2.24, 2.45) is 34.5 Å². The van der Waals surface area contributed by atoms with Crippen molar-refractivity contribution in [1.29, 1.82) is 0 Å². The molecule has 0 amide bonds. The molecular weight excluding hydrogens is 402 g/mol. The second kappa shape index (κ2) is 9.11. The van der Waals surface area contributed by atoms with Crippen LogP contribution in [-0.2, 0) is 19.1 Å². The van der Waals surface area contributed by atoms with Crippen molar-refractivity contribution >= 4 is 11.6 Å². The van der Waals surface area contributed by atoms with Crippen LogP contribution in [0.3, 0.4) is 0 Å². The fraction of sp³-hybridized carbons (Fsp3) is 0.926. The zero-order valence-corrected chi connectivity index (χ0v) is 20.3. The van der Waals surface area contributed by atoms with Crippen LogP contribution < -0.4 is 0 Å². The van der Waals surface area contributed by atoms with Gasteiger partial charge in [0.2, 0.25) is 0 Å². The lowest BCUT2D eigenvalue weighted by Crippen LogP contribution is -2.57. The second-order valence-corrected chi connectivity index (χ2v) is 12.0. The highest BCUT2D eigenvalue weighted by molar-refractivity contribution is 5.88. The van der Waals surface area contributed by atoms with Crippen molar-refractivity contribution in [2.75, 3.05) is 39.5 Å². The first-order valence-electron chi connectivity index (χ1n) is 13.4. The van der Waals surface area contributed by atoms with Crippen LogP contribution in [0.4, 0.5) is 0 Å². The molecule has 0 bridgehead atoms. The van der Waals surface area contributed by atoms with E-state index >= 15 is 0 Å². The standard InChI is InChI=1S/C27H43NO4/c1-26-9-7-19(32-16-15-31-14-13-28-11-3-4-12-28)17-23(26)24(29)18-20-21-5-6-25(30)27(21,2)10-8-22(20)26/h19-23H,3-18H2,1-2H3/t19?,20-,21-,22+,23?,26+,27-/m0/s1. The summed E-state index contributed by atoms with van der Waals surface area (Å²) in [6.45, 7) is 10.1. The van der Waals surface area contributed by atoms with E-state index in [0.29, 0.717) is 49.0 Å². The normalized spacial score (nSPS) is 44.4. The monoisotopic (exact) mass is 445 g/mol. The largest absolute Gasteiger partial charge is 0.378 e. The number of carbonyl (C=O) groups is 2. The molecule has 5 aliphatic rings. The van der Waals surface area contributed by atoms with Crippen molar-refractivity contribution in [3.63, 3.8) is 0 Å². The van der Waals surface area contributed by atoms with Gasteiger partial charge in [-0.25, -0.2) is 0 Å². The summed E-state index contributed by atoms with van der Waals surface area (Å²) in [7, 11) is 0. The van der Waals surface area contributed by atoms with Gasteiger partial charge in [-0.05, 0) is 87.6 Å². The predicted molar refractivity (Wildman–Crippen MR) is 123 cm³/mol. The van der Waals surface area contributed by atoms with Gasteiger partial charge in [0.25, 0.3) is 0 Å². The van der Waals surface area contributed by atoms with Crippen LogP contribution in [0.2, 0.25) is 0 Å². The number of Topliss-reactive ketones (excluding diaryl/α,β-unsaturated/α-hetero) is 2. The molecule has 1 heterocycles. The first kappa shape index (κ1) is 23.0. The number of hydrogen-bond acceptors (Lipinski definition) is 5. The summed E-state index contributed by atoms with van der Waals surface area (Å²) in [4.78, 5) is 28.5. The number of ketones is 2. The fourth-order valence-corrected chi connectivity index (χ4v) is 8.50. The molecule has 5 rings (SSSR count). The average Bonchev–Trinajstić information content (AvgIpc) is 3.39. The molecule has 5 heteroatoms. The van der Waals surface area contributed by atoms with E-state index in [0.717, 1.165) is 58.1 Å². The highest BCUT2D eigenvalue weighted by Gasteiger charge is 2.62. The summed E-state index contributed by atoms with van der Waals surface area (Å²) in [6, 6.07) is 0. The van der Waals surface area contributed by atoms with Crippen LogP contribution in [-0.4, -0.2) is 62.0 Å². The number of fused-ring (bicyclic) bond motifs is 5. The van der Waals surface area contributed by atoms with E-state index in [4.69, 9.17) is 9.47 Å². The molecule has 32 heavy (non-hydrogen) atoms. The zero-order valence-electron chi connectivity index (χ0n) is 20.3. The maximum atomic E-state index is 13.4. The summed E-state index contributed by atoms with van der Waals surface area (Å²) < 4.78 is 12.0. The average molecular weight is 446 g/mol. The number of likely N-dealkylation sites (tertiary alicyclic amines) is 1. The number of hydrogen-bond donors (Lipinski definition) is 0. The van der Waals surface area contributed by atoms with Crippen molar-refractivity contribution in [2.45, 2.75) is 84.2 Å². The lowest BCUT2D eigenvalue weighted by molar-refractivity contribution is -0.163. The smallest absolute Gasteiger partial charge is 0.139 e. The Bertz CT molecular complexity index is 718. The predicted octanol–water partition coefficient (Wildman–Crippen LogP) is 4.27. The Labute approximate surface area is 194 Å². The molecule has 7 atom stereocenters. The van der Waals surface area contributed by atoms with E-state index in [1.807, 2.05) is 0 Å². The molecule has 0 aromatic heterocycles. The highest BCUT2D eigenvalue weighted by atomic mass is 16.5. The molecule has 180 valence electrons. The molecule has 0 aromatic carbocycles. The molecule has 1 aliphatic heterocycles. The lowest BCUT2D eigenvalue weighted by Gasteiger charge is -2.59. The third-order valence-electron chi connectivity index (χ3n) is 10.5. The molecule has 4 saturated carbocycles. The van der Waals surface area contributed by atoms with Gasteiger partial charge in [0.1, 0.15) is 11.6 Å². The van der Waals surface area contributed by atoms with Gasteiger partial charge < -0.3 is 14.4 Å². The summed E-state index contributed by atoms with van der Waals surface area (Å²) in [6.07, 6.45) is 10.5. The number of carbonyl (C=O) groups excluding carboxylic acids is 2. The van der Waals surface area contributed by atoms with Gasteiger partial charge in [-0.1, -0.05) is 13.8 Å². The highest BCUT2D eigenvalue weighted by Crippen LogP contribution is 2.64. The van der Waals surface area contributed by atoms with Crippen molar-refractivity contribution in [3.05, 3.63) is 0 Å². The topological polar surface area (TPSA) is 55.8 Å². The van der Waals surface area contributed by atoms with Crippen LogP contribution in [0.25, 0.3) is 0 Å². The molecule has 2 unspecified atom stereocenters. The minimum absolute atomic E-state index is 0.0963. The first-order valence-corrected chi connectivity index (χ1v) is 13.4. The van der Waals surface area contributed by atoms with E-state index in [9.17, 15) is 9.59 Å². The first-order chi connectivity index (χ1) is 15.4. The Morgan fingerprint density at radius 1 is 0.969 bits per heavy atom. The van der Waals surface area contributed by atoms with Crippen molar-refractivity contribution in [3.8, 4) is 0 Å². The molecule has 4 aliphatic carbocycles. The summed E-state index contributed by atoms with van der Waals surface area (Å²) in [5.74, 6) is 2.51. The van der Waals surface area contributed by atoms with Crippen LogP contribution in [0.1, 0.15) is 78.1 Å². The molecule has 0 aromatic rings. The quantitative estimate of drug-likeness (QED) is 0.548. The second-order valence-electron chi connectivity index (χ2n) is 12.0. The van der Waals surface area contributed by atoms with Gasteiger partial charge in [0.15, 0.2) is 0 Å². The summed E-state index contributed by atoms with van der Waals surface area (Å²) in [5, 5.41) is 0. The van der Waals surface area contributed by atoms with Crippen LogP contribution in [0.15, 0.2) is 0 Å². The molecule has 0 N–H and O–H groups in total. The van der Waals surface area contributed by atoms with E-state index in [1.54, 1.807) is 0 Å². The summed E-state index contributed by atoms with van der Waals surface area (Å²) >= 11 is 0. The van der Waals surface area contributed by atoms with Gasteiger partial charge >= 0.3 is 0 Å². The Kier molecular flexibility index (Phi) is 6.54. The molecular formula is C27H43NO4. The number of nitrogens with zero attached hydrogens (tertiary/aromatic N) is 1. The third kappa shape index (κ3) is 4.01. The molecule has 0 spiro atoms. The minimum Gasteiger partial charge on any atom is -0.378 e. The van der Waals surface area contributed by atoms with Gasteiger partial charge in [-0.3, -0.25) is 9.59 Å². The van der Waals surface area contributed by atoms with Gasteiger partial charge in [-0.15, -0.1) is 0 Å². The molecule has 1 saturated heterocycles. The van der Waals surface area contributed by atoms with Crippen LogP contribution in [0.5, 0.6) is 0 Å². The van der Waals surface area contributed by atoms with E-state index in [1.165, 1.54) is 25.9 Å². The van der Waals surface area contributed by atoms with Crippen molar-refractivity contribution in [1.82, 2.24) is 4.90 Å². The fourth-order valence-electron chi connectivity index (χ4n) is 8.50. The van der Waals surface area contributed by atoms with Crippen LogP contribution >= 0.6 is 0 Å². The molecule has 5 nitrogen and oxygen atoms in total. The van der Waals surface area contributed by atoms with E-state index in [-0.39, 0.29) is 22.9 Å². The maximum absolute atomic E-state index is 13.4. The number of ether oxygens (including phenoxy) is 2. The van der Waals surface area contributed by atoms with Crippen LogP contribution in [0, 0.1) is 34.5 Å². The Morgan fingerprint density at radius 3 is 2.59 bits per heavy atom. The van der Waals surface area contributed by atoms with Gasteiger partial charge in [-0.2, -0.15) is 0 Å². The number of rotatable bonds is 7. The van der Waals surface area contributed by atoms with E-state index in [2.05, 4.69) is 18.7 Å². The lowest BCUT2D eigenvalue weighted by atomic mass is 9.45. The van der Waals surface area contributed by atoms with Crippen molar-refractivity contribution < 1.29 is 19.1 Å². The maximum Gasteiger partial charge on any atom is 0.139 e.